The van der Waals surface area contributed by atoms with Gasteiger partial charge >= 0.3 is 6.03 Å². The largest absolute Gasteiger partial charge is 0.329 e. The molecule has 0 aromatic heterocycles. The van der Waals surface area contributed by atoms with Gasteiger partial charge in [-0.3, -0.25) is 19.3 Å². The van der Waals surface area contributed by atoms with Crippen LogP contribution in [0.25, 0.3) is 0 Å². The van der Waals surface area contributed by atoms with Crippen LogP contribution in [-0.2, 0) is 11.3 Å². The molecule has 33 heavy (non-hydrogen) atoms. The second-order valence-electron chi connectivity index (χ2n) is 8.22. The lowest BCUT2D eigenvalue weighted by molar-refractivity contribution is -0.125. The Bertz CT molecular complexity index is 1210. The van der Waals surface area contributed by atoms with Crippen LogP contribution >= 0.6 is 11.6 Å². The summed E-state index contributed by atoms with van der Waals surface area (Å²) in [6.45, 7) is 5.69. The van der Waals surface area contributed by atoms with E-state index in [-0.39, 0.29) is 17.7 Å². The Morgan fingerprint density at radius 3 is 2.70 bits per heavy atom. The normalized spacial score (nSPS) is 17.7. The van der Waals surface area contributed by atoms with Crippen molar-refractivity contribution in [2.24, 2.45) is 0 Å². The monoisotopic (exact) mass is 466 g/mol. The lowest BCUT2D eigenvalue weighted by Crippen LogP contribution is -2.51. The minimum absolute atomic E-state index is 0.0924. The highest BCUT2D eigenvalue weighted by molar-refractivity contribution is 6.31. The maximum atomic E-state index is 13.2. The summed E-state index contributed by atoms with van der Waals surface area (Å²) in [5.74, 6) is -1.46. The molecule has 2 heterocycles. The Kier molecular flexibility index (Phi) is 5.95. The fraction of sp³-hybridized carbons (Fsp3) is 0.250. The Hall–Kier alpha value is -3.65. The molecule has 0 aliphatic carbocycles. The highest BCUT2D eigenvalue weighted by Gasteiger charge is 2.44. The number of piperidine rings is 1. The summed E-state index contributed by atoms with van der Waals surface area (Å²) in [6.07, 6.45) is 0.815. The molecule has 0 saturated carbocycles. The molecule has 1 unspecified atom stereocenters. The fourth-order valence-corrected chi connectivity index (χ4v) is 4.19. The molecule has 4 rings (SSSR count). The number of hydrogen-bond acceptors (Lipinski definition) is 4. The van der Waals surface area contributed by atoms with Gasteiger partial charge in [-0.15, -0.1) is 0 Å². The summed E-state index contributed by atoms with van der Waals surface area (Å²) in [6, 6.07) is 8.85. The third-order valence-electron chi connectivity index (χ3n) is 5.84. The minimum Gasteiger partial charge on any atom is -0.329 e. The second-order valence-corrected chi connectivity index (χ2v) is 8.62. The number of anilines is 1. The van der Waals surface area contributed by atoms with Gasteiger partial charge in [0.2, 0.25) is 5.91 Å². The van der Waals surface area contributed by atoms with E-state index in [1.807, 2.05) is 6.92 Å². The number of fused-ring (bicyclic) bond motifs is 1. The van der Waals surface area contributed by atoms with Gasteiger partial charge in [-0.1, -0.05) is 36.4 Å². The molecule has 0 spiro atoms. The zero-order valence-electron chi connectivity index (χ0n) is 18.3. The van der Waals surface area contributed by atoms with Crippen molar-refractivity contribution in [1.82, 2.24) is 15.1 Å². The van der Waals surface area contributed by atoms with Gasteiger partial charge < -0.3 is 15.5 Å². The first-order valence-corrected chi connectivity index (χ1v) is 10.8. The summed E-state index contributed by atoms with van der Waals surface area (Å²) < 4.78 is 0. The molecular formula is C24H23ClN4O4. The number of aryl methyl sites for hydroxylation is 1. The number of allylic oxidation sites excluding steroid dienone is 1. The van der Waals surface area contributed by atoms with Crippen LogP contribution in [0.2, 0.25) is 5.02 Å². The molecule has 170 valence electrons. The molecule has 2 N–H and O–H groups in total. The number of rotatable bonds is 4. The van der Waals surface area contributed by atoms with Crippen LogP contribution in [0.15, 0.2) is 48.7 Å². The highest BCUT2D eigenvalue weighted by atomic mass is 35.5. The Balaban J connectivity index is 1.53. The van der Waals surface area contributed by atoms with E-state index in [2.05, 4.69) is 17.2 Å². The van der Waals surface area contributed by atoms with Crippen molar-refractivity contribution < 1.29 is 19.2 Å². The van der Waals surface area contributed by atoms with Crippen molar-refractivity contribution in [3.8, 4) is 0 Å². The third-order valence-corrected chi connectivity index (χ3v) is 6.25. The van der Waals surface area contributed by atoms with Crippen LogP contribution in [0.4, 0.5) is 10.5 Å². The van der Waals surface area contributed by atoms with Crippen LogP contribution in [0.3, 0.4) is 0 Å². The molecule has 0 radical (unpaired) electrons. The number of nitrogens with one attached hydrogen (secondary N) is 2. The van der Waals surface area contributed by atoms with Gasteiger partial charge in [0.1, 0.15) is 6.04 Å². The lowest BCUT2D eigenvalue weighted by Gasteiger charge is -2.29. The molecule has 2 aliphatic heterocycles. The minimum atomic E-state index is -0.886. The van der Waals surface area contributed by atoms with E-state index in [1.54, 1.807) is 43.4 Å². The lowest BCUT2D eigenvalue weighted by atomic mass is 10.0. The van der Waals surface area contributed by atoms with Crippen molar-refractivity contribution in [2.75, 3.05) is 12.4 Å². The van der Waals surface area contributed by atoms with Crippen molar-refractivity contribution in [2.45, 2.75) is 32.4 Å². The number of urea groups is 1. The number of benzene rings is 2. The number of carbonyl (C=O) groups excluding carboxylic acids is 4. The average molecular weight is 467 g/mol. The molecule has 2 aromatic rings. The first-order valence-electron chi connectivity index (χ1n) is 10.4. The van der Waals surface area contributed by atoms with Gasteiger partial charge in [-0.05, 0) is 49.1 Å². The topological polar surface area (TPSA) is 98.8 Å². The predicted molar refractivity (Wildman–Crippen MR) is 124 cm³/mol. The summed E-state index contributed by atoms with van der Waals surface area (Å²) >= 11 is 6.12. The summed E-state index contributed by atoms with van der Waals surface area (Å²) in [5.41, 5.74) is 2.98. The van der Waals surface area contributed by atoms with Gasteiger partial charge in [0.05, 0.1) is 11.1 Å². The predicted octanol–water partition coefficient (Wildman–Crippen LogP) is 3.70. The summed E-state index contributed by atoms with van der Waals surface area (Å²) in [4.78, 5) is 53.8. The number of imide groups is 1. The third kappa shape index (κ3) is 4.21. The fourth-order valence-electron chi connectivity index (χ4n) is 4.01. The summed E-state index contributed by atoms with van der Waals surface area (Å²) in [5, 5.41) is 5.92. The molecule has 2 aliphatic rings. The molecule has 5 amide bonds. The second kappa shape index (κ2) is 8.71. The van der Waals surface area contributed by atoms with Gasteiger partial charge in [0.15, 0.2) is 0 Å². The van der Waals surface area contributed by atoms with E-state index in [0.717, 1.165) is 10.5 Å². The van der Waals surface area contributed by atoms with Crippen LogP contribution in [0.5, 0.6) is 0 Å². The van der Waals surface area contributed by atoms with E-state index in [4.69, 9.17) is 11.6 Å². The van der Waals surface area contributed by atoms with Gasteiger partial charge in [0.25, 0.3) is 11.8 Å². The zero-order valence-corrected chi connectivity index (χ0v) is 19.0. The molecule has 2 aromatic carbocycles. The molecule has 1 fully saturated rings. The van der Waals surface area contributed by atoms with Crippen molar-refractivity contribution in [3.05, 3.63) is 76.0 Å². The Morgan fingerprint density at radius 2 is 2.00 bits per heavy atom. The first-order chi connectivity index (χ1) is 15.7. The number of halogens is 1. The molecule has 1 atom stereocenters. The van der Waals surface area contributed by atoms with E-state index in [9.17, 15) is 19.2 Å². The van der Waals surface area contributed by atoms with Gasteiger partial charge in [-0.2, -0.15) is 0 Å². The SMILES string of the molecule is C=C1CCC(N2C(=O)c3cccc(CN(C)C(=O)Nc4ccc(C)c(Cl)c4)c3C2=O)C(=O)N1. The maximum absolute atomic E-state index is 13.2. The maximum Gasteiger partial charge on any atom is 0.321 e. The van der Waals surface area contributed by atoms with Crippen molar-refractivity contribution >= 4 is 41.0 Å². The van der Waals surface area contributed by atoms with Crippen LogP contribution in [0.1, 0.15) is 44.7 Å². The number of carbonyl (C=O) groups is 4. The smallest absolute Gasteiger partial charge is 0.321 e. The average Bonchev–Trinajstić information content (AvgIpc) is 3.02. The van der Waals surface area contributed by atoms with Crippen LogP contribution < -0.4 is 10.6 Å². The van der Waals surface area contributed by atoms with Gasteiger partial charge in [-0.25, -0.2) is 4.79 Å². The van der Waals surface area contributed by atoms with E-state index < -0.39 is 29.8 Å². The molecule has 0 bridgehead atoms. The van der Waals surface area contributed by atoms with Crippen LogP contribution in [-0.4, -0.2) is 46.6 Å². The standard InChI is InChI=1S/C24H23ClN4O4/c1-13-7-9-16(11-18(13)25)27-24(33)28(3)12-15-5-4-6-17-20(15)23(32)29(22(17)31)19-10-8-14(2)26-21(19)30/h4-7,9,11,19H,2,8,10,12H2,1,3H3,(H,26,30)(H,27,33). The molecule has 1 saturated heterocycles. The van der Waals surface area contributed by atoms with E-state index >= 15 is 0 Å². The van der Waals surface area contributed by atoms with E-state index in [1.165, 1.54) is 4.90 Å². The van der Waals surface area contributed by atoms with Crippen LogP contribution in [0, 0.1) is 6.92 Å². The van der Waals surface area contributed by atoms with Crippen molar-refractivity contribution in [1.29, 1.82) is 0 Å². The highest BCUT2D eigenvalue weighted by Crippen LogP contribution is 2.31. The molecular weight excluding hydrogens is 444 g/mol. The van der Waals surface area contributed by atoms with Gasteiger partial charge in [0, 0.05) is 30.0 Å². The summed E-state index contributed by atoms with van der Waals surface area (Å²) in [7, 11) is 1.59. The zero-order chi connectivity index (χ0) is 23.9. The van der Waals surface area contributed by atoms with Crippen molar-refractivity contribution in [3.63, 3.8) is 0 Å². The molecule has 8 nitrogen and oxygen atoms in total. The Morgan fingerprint density at radius 1 is 1.24 bits per heavy atom. The Labute approximate surface area is 196 Å². The quantitative estimate of drug-likeness (QED) is 0.671. The molecule has 9 heteroatoms. The number of nitrogens with zero attached hydrogens (tertiary/aromatic N) is 2. The number of hydrogen-bond donors (Lipinski definition) is 2. The first kappa shape index (κ1) is 22.5. The number of amides is 5. The van der Waals surface area contributed by atoms with E-state index in [0.29, 0.717) is 34.8 Å².